The van der Waals surface area contributed by atoms with Gasteiger partial charge in [-0.25, -0.2) is 18.4 Å². The Bertz CT molecular complexity index is 544. The van der Waals surface area contributed by atoms with Gasteiger partial charge in [0.15, 0.2) is 0 Å². The lowest BCUT2D eigenvalue weighted by atomic mass is 10.4. The molecule has 68 valence electrons. The van der Waals surface area contributed by atoms with Gasteiger partial charge >= 0.3 is 0 Å². The quantitative estimate of drug-likeness (QED) is 0.667. The third-order valence-corrected chi connectivity index (χ3v) is 3.20. The molecule has 2 aromatic rings. The van der Waals surface area contributed by atoms with Gasteiger partial charge in [-0.05, 0) is 11.4 Å². The highest BCUT2D eigenvalue weighted by molar-refractivity contribution is 7.90. The molecule has 0 spiro atoms. The van der Waals surface area contributed by atoms with Gasteiger partial charge in [0, 0.05) is 17.8 Å². The van der Waals surface area contributed by atoms with Gasteiger partial charge in [-0.15, -0.1) is 11.3 Å². The molecular formula is C7H6N2O2S2. The lowest BCUT2D eigenvalue weighted by molar-refractivity contribution is 0.594. The standard InChI is InChI=1S/C7H6N2O2S2/c1-13(10,11)7-8-4-5-2-3-12-6(5)9-7/h2-4H,1H3. The molecule has 0 saturated heterocycles. The molecule has 0 saturated carbocycles. The van der Waals surface area contributed by atoms with Gasteiger partial charge in [-0.3, -0.25) is 0 Å². The molecule has 13 heavy (non-hydrogen) atoms. The first-order valence-corrected chi connectivity index (χ1v) is 6.25. The van der Waals surface area contributed by atoms with E-state index in [1.807, 2.05) is 11.4 Å². The second kappa shape index (κ2) is 2.74. The highest BCUT2D eigenvalue weighted by atomic mass is 32.2. The molecule has 2 rings (SSSR count). The minimum atomic E-state index is -3.29. The van der Waals surface area contributed by atoms with Crippen molar-refractivity contribution in [3.8, 4) is 0 Å². The Morgan fingerprint density at radius 3 is 2.92 bits per heavy atom. The lowest BCUT2D eigenvalue weighted by Gasteiger charge is -1.94. The molecule has 0 amide bonds. The molecule has 0 fully saturated rings. The summed E-state index contributed by atoms with van der Waals surface area (Å²) >= 11 is 1.40. The van der Waals surface area contributed by atoms with Crippen molar-refractivity contribution in [2.45, 2.75) is 5.16 Å². The van der Waals surface area contributed by atoms with Crippen LogP contribution >= 0.6 is 11.3 Å². The van der Waals surface area contributed by atoms with Crippen molar-refractivity contribution >= 4 is 31.4 Å². The molecule has 0 bridgehead atoms. The fraction of sp³-hybridized carbons (Fsp3) is 0.143. The second-order valence-electron chi connectivity index (χ2n) is 2.61. The Labute approximate surface area is 79.2 Å². The molecule has 0 aromatic carbocycles. The van der Waals surface area contributed by atoms with E-state index >= 15 is 0 Å². The molecule has 0 N–H and O–H groups in total. The van der Waals surface area contributed by atoms with E-state index in [1.165, 1.54) is 17.5 Å². The summed E-state index contributed by atoms with van der Waals surface area (Å²) in [5, 5.41) is 2.62. The van der Waals surface area contributed by atoms with E-state index in [4.69, 9.17) is 0 Å². The van der Waals surface area contributed by atoms with Crippen LogP contribution in [0.4, 0.5) is 0 Å². The number of nitrogens with zero attached hydrogens (tertiary/aromatic N) is 2. The van der Waals surface area contributed by atoms with Crippen molar-refractivity contribution in [3.05, 3.63) is 17.6 Å². The Morgan fingerprint density at radius 1 is 1.46 bits per heavy atom. The van der Waals surface area contributed by atoms with E-state index in [1.54, 1.807) is 0 Å². The van der Waals surface area contributed by atoms with Gasteiger partial charge in [0.2, 0.25) is 15.0 Å². The van der Waals surface area contributed by atoms with Gasteiger partial charge in [0.1, 0.15) is 4.83 Å². The van der Waals surface area contributed by atoms with Crippen LogP contribution in [0.25, 0.3) is 10.2 Å². The van der Waals surface area contributed by atoms with Crippen LogP contribution in [0.3, 0.4) is 0 Å². The molecule has 4 nitrogen and oxygen atoms in total. The van der Waals surface area contributed by atoms with Gasteiger partial charge in [0.25, 0.3) is 0 Å². The van der Waals surface area contributed by atoms with Crippen molar-refractivity contribution in [1.29, 1.82) is 0 Å². The van der Waals surface area contributed by atoms with Crippen LogP contribution in [0.15, 0.2) is 22.8 Å². The zero-order chi connectivity index (χ0) is 9.47. The van der Waals surface area contributed by atoms with Gasteiger partial charge < -0.3 is 0 Å². The second-order valence-corrected chi connectivity index (χ2v) is 5.41. The topological polar surface area (TPSA) is 59.9 Å². The number of rotatable bonds is 1. The van der Waals surface area contributed by atoms with Crippen molar-refractivity contribution in [1.82, 2.24) is 9.97 Å². The number of fused-ring (bicyclic) bond motifs is 1. The van der Waals surface area contributed by atoms with Crippen LogP contribution in [-0.2, 0) is 9.84 Å². The first kappa shape index (κ1) is 8.58. The molecule has 0 aliphatic carbocycles. The number of hydrogen-bond donors (Lipinski definition) is 0. The van der Waals surface area contributed by atoms with Gasteiger partial charge in [-0.2, -0.15) is 0 Å². The van der Waals surface area contributed by atoms with Crippen LogP contribution in [0.5, 0.6) is 0 Å². The predicted octanol–water partition coefficient (Wildman–Crippen LogP) is 1.09. The van der Waals surface area contributed by atoms with Crippen molar-refractivity contribution < 1.29 is 8.42 Å². The summed E-state index contributed by atoms with van der Waals surface area (Å²) in [6.45, 7) is 0. The summed E-state index contributed by atoms with van der Waals surface area (Å²) in [4.78, 5) is 8.39. The van der Waals surface area contributed by atoms with E-state index in [2.05, 4.69) is 9.97 Å². The van der Waals surface area contributed by atoms with Crippen LogP contribution in [0, 0.1) is 0 Å². The SMILES string of the molecule is CS(=O)(=O)c1ncc2ccsc2n1. The number of aromatic nitrogens is 2. The van der Waals surface area contributed by atoms with E-state index in [9.17, 15) is 8.42 Å². The first-order valence-electron chi connectivity index (χ1n) is 3.48. The molecule has 0 aliphatic rings. The minimum Gasteiger partial charge on any atom is -0.226 e. The average molecular weight is 214 g/mol. The molecule has 0 unspecified atom stereocenters. The van der Waals surface area contributed by atoms with E-state index in [0.717, 1.165) is 11.6 Å². The minimum absolute atomic E-state index is 0.109. The van der Waals surface area contributed by atoms with E-state index in [0.29, 0.717) is 4.83 Å². The monoisotopic (exact) mass is 214 g/mol. The number of sulfone groups is 1. The van der Waals surface area contributed by atoms with Crippen molar-refractivity contribution in [3.63, 3.8) is 0 Å². The summed E-state index contributed by atoms with van der Waals surface area (Å²) in [7, 11) is -3.29. The number of thiophene rings is 1. The highest BCUT2D eigenvalue weighted by Crippen LogP contribution is 2.18. The van der Waals surface area contributed by atoms with Crippen LogP contribution in [-0.4, -0.2) is 24.6 Å². The maximum absolute atomic E-state index is 11.1. The zero-order valence-corrected chi connectivity index (χ0v) is 8.39. The largest absolute Gasteiger partial charge is 0.248 e. The van der Waals surface area contributed by atoms with Crippen molar-refractivity contribution in [2.75, 3.05) is 6.26 Å². The summed E-state index contributed by atoms with van der Waals surface area (Å²) < 4.78 is 22.2. The Kier molecular flexibility index (Phi) is 1.81. The van der Waals surface area contributed by atoms with Crippen molar-refractivity contribution in [2.24, 2.45) is 0 Å². The lowest BCUT2D eigenvalue weighted by Crippen LogP contribution is -2.02. The van der Waals surface area contributed by atoms with Crippen LogP contribution < -0.4 is 0 Å². The molecule has 6 heteroatoms. The highest BCUT2D eigenvalue weighted by Gasteiger charge is 2.11. The maximum Gasteiger partial charge on any atom is 0.248 e. The fourth-order valence-electron chi connectivity index (χ4n) is 0.919. The van der Waals surface area contributed by atoms with Gasteiger partial charge in [-0.1, -0.05) is 0 Å². The maximum atomic E-state index is 11.1. The Balaban J connectivity index is 2.75. The number of hydrogen-bond acceptors (Lipinski definition) is 5. The van der Waals surface area contributed by atoms with E-state index < -0.39 is 9.84 Å². The third kappa shape index (κ3) is 1.54. The zero-order valence-electron chi connectivity index (χ0n) is 6.76. The average Bonchev–Trinajstić information content (AvgIpc) is 2.47. The Morgan fingerprint density at radius 2 is 2.23 bits per heavy atom. The summed E-state index contributed by atoms with van der Waals surface area (Å²) in [6.07, 6.45) is 2.62. The first-order chi connectivity index (χ1) is 6.07. The van der Waals surface area contributed by atoms with Crippen LogP contribution in [0.1, 0.15) is 0 Å². The predicted molar refractivity (Wildman–Crippen MR) is 50.5 cm³/mol. The molecule has 0 aliphatic heterocycles. The van der Waals surface area contributed by atoms with E-state index in [-0.39, 0.29) is 5.16 Å². The fourth-order valence-corrected chi connectivity index (χ4v) is 2.22. The summed E-state index contributed by atoms with van der Waals surface area (Å²) in [5.74, 6) is 0. The molecule has 2 aromatic heterocycles. The molecule has 0 atom stereocenters. The normalized spacial score (nSPS) is 12.1. The summed E-state index contributed by atoms with van der Waals surface area (Å²) in [5.41, 5.74) is 0. The third-order valence-electron chi connectivity index (χ3n) is 1.52. The molecule has 2 heterocycles. The molecule has 0 radical (unpaired) electrons. The summed E-state index contributed by atoms with van der Waals surface area (Å²) in [6, 6.07) is 1.85. The Hall–Kier alpha value is -1.01. The van der Waals surface area contributed by atoms with Crippen LogP contribution in [0.2, 0.25) is 0 Å². The smallest absolute Gasteiger partial charge is 0.226 e. The molecular weight excluding hydrogens is 208 g/mol. The van der Waals surface area contributed by atoms with Gasteiger partial charge in [0.05, 0.1) is 0 Å².